The van der Waals surface area contributed by atoms with Gasteiger partial charge in [0.1, 0.15) is 11.7 Å². The van der Waals surface area contributed by atoms with Gasteiger partial charge in [0.2, 0.25) is 0 Å². The summed E-state index contributed by atoms with van der Waals surface area (Å²) in [4.78, 5) is 10.4. The van der Waals surface area contributed by atoms with E-state index in [2.05, 4.69) is 93.4 Å². The van der Waals surface area contributed by atoms with E-state index in [9.17, 15) is 0 Å². The van der Waals surface area contributed by atoms with Crippen molar-refractivity contribution in [3.05, 3.63) is 95.6 Å². The molecule has 1 aromatic carbocycles. The number of hydrogen-bond donors (Lipinski definition) is 1. The molecule has 1 aromatic rings. The summed E-state index contributed by atoms with van der Waals surface area (Å²) < 4.78 is 0. The monoisotopic (exact) mass is 615 g/mol. The second-order valence-electron chi connectivity index (χ2n) is 15.9. The summed E-state index contributed by atoms with van der Waals surface area (Å²) >= 11 is 0. The molecule has 0 amide bonds. The average Bonchev–Trinajstić information content (AvgIpc) is 3.34. The van der Waals surface area contributed by atoms with Crippen LogP contribution in [-0.4, -0.2) is 17.8 Å². The molecule has 46 heavy (non-hydrogen) atoms. The topological polar surface area (TPSA) is 36.8 Å². The van der Waals surface area contributed by atoms with Crippen LogP contribution >= 0.6 is 0 Å². The second-order valence-corrected chi connectivity index (χ2v) is 15.9. The molecule has 1 heterocycles. The molecule has 0 spiro atoms. The Labute approximate surface area is 279 Å². The lowest BCUT2D eigenvalue weighted by atomic mass is 9.63. The first-order valence-corrected chi connectivity index (χ1v) is 18.8. The van der Waals surface area contributed by atoms with Crippen molar-refractivity contribution in [2.24, 2.45) is 50.9 Å². The fourth-order valence-electron chi connectivity index (χ4n) is 10.6. The molecule has 0 bridgehead atoms. The van der Waals surface area contributed by atoms with Gasteiger partial charge < -0.3 is 5.32 Å². The van der Waals surface area contributed by atoms with Crippen molar-refractivity contribution in [1.29, 1.82) is 0 Å². The summed E-state index contributed by atoms with van der Waals surface area (Å²) in [7, 11) is 0. The van der Waals surface area contributed by atoms with Crippen LogP contribution in [0.25, 0.3) is 0 Å². The lowest BCUT2D eigenvalue weighted by Crippen LogP contribution is -2.42. The van der Waals surface area contributed by atoms with Crippen LogP contribution in [-0.2, 0) is 0 Å². The minimum Gasteiger partial charge on any atom is -0.328 e. The standard InChI is InChI=1S/C43H57N3/c1-5-7-14-29(6-2)40-44-41(32-17-12-9-13-18-32)46-42(45-40)33-21-19-31(20-22-33)35-24-26-37-36-25-23-34(30-15-10-8-11-16-30)27-38(36)43(3,4)39(37)28-35/h5,8-12,15-17,19,21,29,34-39,41H,1,6-7,13-14,18,20,22-28H2,2-4H3,(H,44,45,46)/t29?,34?,35?,36?,37?,38?,39-,41?/m1/s1. The third kappa shape index (κ3) is 6.20. The Hall–Kier alpha value is -2.94. The Morgan fingerprint density at radius 3 is 2.33 bits per heavy atom. The van der Waals surface area contributed by atoms with Crippen molar-refractivity contribution in [3.63, 3.8) is 0 Å². The maximum absolute atomic E-state index is 5.24. The Kier molecular flexibility index (Phi) is 9.40. The molecule has 3 fully saturated rings. The molecule has 244 valence electrons. The van der Waals surface area contributed by atoms with Crippen molar-refractivity contribution < 1.29 is 0 Å². The molecule has 1 N–H and O–H groups in total. The molecule has 5 aliphatic carbocycles. The first-order valence-electron chi connectivity index (χ1n) is 18.8. The molecule has 8 atom stereocenters. The van der Waals surface area contributed by atoms with E-state index in [1.54, 1.807) is 11.1 Å². The number of amidine groups is 2. The highest BCUT2D eigenvalue weighted by Gasteiger charge is 2.57. The molecule has 0 radical (unpaired) electrons. The van der Waals surface area contributed by atoms with Crippen LogP contribution in [0.15, 0.2) is 100 Å². The summed E-state index contributed by atoms with van der Waals surface area (Å²) in [5, 5.41) is 3.75. The molecule has 1 aliphatic heterocycles. The van der Waals surface area contributed by atoms with Crippen LogP contribution in [0, 0.1) is 40.9 Å². The lowest BCUT2D eigenvalue weighted by Gasteiger charge is -2.41. The molecule has 0 aromatic heterocycles. The minimum absolute atomic E-state index is 0.0924. The van der Waals surface area contributed by atoms with E-state index in [0.29, 0.717) is 11.3 Å². The minimum atomic E-state index is -0.0924. The van der Waals surface area contributed by atoms with E-state index in [-0.39, 0.29) is 6.17 Å². The highest BCUT2D eigenvalue weighted by Crippen LogP contribution is 2.65. The van der Waals surface area contributed by atoms with Gasteiger partial charge in [-0.3, -0.25) is 0 Å². The first-order chi connectivity index (χ1) is 22.5. The predicted octanol–water partition coefficient (Wildman–Crippen LogP) is 10.9. The van der Waals surface area contributed by atoms with E-state index in [0.717, 1.165) is 85.7 Å². The summed E-state index contributed by atoms with van der Waals surface area (Å²) in [6.45, 7) is 11.6. The van der Waals surface area contributed by atoms with Crippen molar-refractivity contribution in [2.45, 2.75) is 116 Å². The van der Waals surface area contributed by atoms with Crippen molar-refractivity contribution in [2.75, 3.05) is 0 Å². The zero-order valence-electron chi connectivity index (χ0n) is 28.8. The predicted molar refractivity (Wildman–Crippen MR) is 195 cm³/mol. The van der Waals surface area contributed by atoms with Gasteiger partial charge in [0, 0.05) is 5.92 Å². The van der Waals surface area contributed by atoms with Gasteiger partial charge in [-0.2, -0.15) is 0 Å². The summed E-state index contributed by atoms with van der Waals surface area (Å²) in [5.74, 6) is 7.73. The fraction of sp³-hybridized carbons (Fsp3) is 0.581. The number of hydrogen-bond acceptors (Lipinski definition) is 3. The number of aliphatic imine (C=N–C) groups is 2. The van der Waals surface area contributed by atoms with Crippen LogP contribution in [0.3, 0.4) is 0 Å². The van der Waals surface area contributed by atoms with Crippen molar-refractivity contribution in [1.82, 2.24) is 5.32 Å². The number of benzene rings is 1. The van der Waals surface area contributed by atoms with Gasteiger partial charge in [0.05, 0.1) is 0 Å². The number of allylic oxidation sites excluding steroid dienone is 7. The number of nitrogens with one attached hydrogen (secondary N) is 1. The highest BCUT2D eigenvalue weighted by molar-refractivity contribution is 6.11. The molecular formula is C43H57N3. The van der Waals surface area contributed by atoms with Crippen LogP contribution in [0.4, 0.5) is 0 Å². The largest absolute Gasteiger partial charge is 0.328 e. The van der Waals surface area contributed by atoms with E-state index in [1.807, 2.05) is 6.08 Å². The number of fused-ring (bicyclic) bond motifs is 3. The van der Waals surface area contributed by atoms with Gasteiger partial charge in [-0.15, -0.1) is 6.58 Å². The SMILES string of the molecule is C=CCCC(CC)C1=NC(C2=CC=CCC2)N=C(C2=CC=C(C3CCC4C5CCC(c6ccccc6)CC5C(C)(C)[C@@H]4C3)CC2)N1. The Balaban J connectivity index is 1.06. The van der Waals surface area contributed by atoms with E-state index >= 15 is 0 Å². The zero-order valence-corrected chi connectivity index (χ0v) is 28.8. The molecule has 7 rings (SSSR count). The second kappa shape index (κ2) is 13.7. The molecule has 3 saturated carbocycles. The quantitative estimate of drug-likeness (QED) is 0.276. The molecule has 3 nitrogen and oxygen atoms in total. The van der Waals surface area contributed by atoms with Gasteiger partial charge in [0.15, 0.2) is 6.17 Å². The van der Waals surface area contributed by atoms with E-state index in [4.69, 9.17) is 9.98 Å². The maximum atomic E-state index is 5.24. The first kappa shape index (κ1) is 31.6. The smallest absolute Gasteiger partial charge is 0.165 e. The third-order valence-corrected chi connectivity index (χ3v) is 13.3. The van der Waals surface area contributed by atoms with Crippen LogP contribution in [0.1, 0.15) is 116 Å². The van der Waals surface area contributed by atoms with Gasteiger partial charge in [-0.25, -0.2) is 9.98 Å². The Morgan fingerprint density at radius 1 is 0.891 bits per heavy atom. The summed E-state index contributed by atoms with van der Waals surface area (Å²) in [6.07, 6.45) is 29.6. The Morgan fingerprint density at radius 2 is 1.65 bits per heavy atom. The fourth-order valence-corrected chi connectivity index (χ4v) is 10.6. The molecule has 7 unspecified atom stereocenters. The average molecular weight is 616 g/mol. The normalized spacial score (nSPS) is 34.1. The molecular weight excluding hydrogens is 558 g/mol. The number of rotatable bonds is 9. The highest BCUT2D eigenvalue weighted by atomic mass is 15.2. The molecule has 0 saturated heterocycles. The van der Waals surface area contributed by atoms with Gasteiger partial charge >= 0.3 is 0 Å². The summed E-state index contributed by atoms with van der Waals surface area (Å²) in [6, 6.07) is 11.4. The maximum Gasteiger partial charge on any atom is 0.165 e. The lowest BCUT2D eigenvalue weighted by molar-refractivity contribution is 0.105. The van der Waals surface area contributed by atoms with Crippen molar-refractivity contribution >= 4 is 11.7 Å². The van der Waals surface area contributed by atoms with Crippen LogP contribution in [0.5, 0.6) is 0 Å². The van der Waals surface area contributed by atoms with Crippen LogP contribution < -0.4 is 5.32 Å². The van der Waals surface area contributed by atoms with Gasteiger partial charge in [-0.05, 0) is 141 Å². The summed E-state index contributed by atoms with van der Waals surface area (Å²) in [5.41, 5.74) is 6.43. The third-order valence-electron chi connectivity index (χ3n) is 13.3. The van der Waals surface area contributed by atoms with E-state index < -0.39 is 0 Å². The molecule has 3 heteroatoms. The zero-order chi connectivity index (χ0) is 31.7. The molecule has 6 aliphatic rings. The van der Waals surface area contributed by atoms with Gasteiger partial charge in [-0.1, -0.05) is 93.1 Å². The van der Waals surface area contributed by atoms with E-state index in [1.165, 1.54) is 56.1 Å². The number of nitrogens with zero attached hydrogens (tertiary/aromatic N) is 2. The van der Waals surface area contributed by atoms with Crippen molar-refractivity contribution in [3.8, 4) is 0 Å². The van der Waals surface area contributed by atoms with Gasteiger partial charge in [0.25, 0.3) is 0 Å². The van der Waals surface area contributed by atoms with Crippen LogP contribution in [0.2, 0.25) is 0 Å². The Bertz CT molecular complexity index is 1450.